The Hall–Kier alpha value is -2.38. The molecule has 0 aliphatic heterocycles. The lowest BCUT2D eigenvalue weighted by Gasteiger charge is -2.11. The molecule has 2 aromatic carbocycles. The summed E-state index contributed by atoms with van der Waals surface area (Å²) in [6.07, 6.45) is 13.1. The van der Waals surface area contributed by atoms with Gasteiger partial charge in [-0.05, 0) is 76.3 Å². The smallest absolute Gasteiger partial charge is 0.0682 e. The molecule has 0 bridgehead atoms. The molecule has 5 rings (SSSR count). The molecule has 1 N–H and O–H groups in total. The first kappa shape index (κ1) is 14.9. The Bertz CT molecular complexity index is 925. The van der Waals surface area contributed by atoms with E-state index in [0.717, 1.165) is 17.9 Å². The molecule has 3 aliphatic rings. The maximum Gasteiger partial charge on any atom is 0.0682 e. The average Bonchev–Trinajstić information content (AvgIpc) is 3.22. The van der Waals surface area contributed by atoms with Crippen molar-refractivity contribution in [3.63, 3.8) is 0 Å². The minimum absolute atomic E-state index is 0.0943. The Kier molecular flexibility index (Phi) is 3.50. The van der Waals surface area contributed by atoms with Crippen molar-refractivity contribution in [3.8, 4) is 0 Å². The average molecular weight is 326 g/mol. The maximum atomic E-state index is 9.35. The van der Waals surface area contributed by atoms with Crippen molar-refractivity contribution in [1.82, 2.24) is 0 Å². The first-order valence-corrected chi connectivity index (χ1v) is 9.25. The molecule has 0 aromatic heterocycles. The fourth-order valence-electron chi connectivity index (χ4n) is 4.18. The van der Waals surface area contributed by atoms with Crippen LogP contribution in [0.4, 0.5) is 0 Å². The topological polar surface area (TPSA) is 20.2 Å². The number of hydrogen-bond acceptors (Lipinski definition) is 1. The molecule has 2 aromatic rings. The Labute approximate surface area is 149 Å². The molecule has 124 valence electrons. The van der Waals surface area contributed by atoms with Crippen LogP contribution in [0.3, 0.4) is 0 Å². The molecule has 25 heavy (non-hydrogen) atoms. The van der Waals surface area contributed by atoms with E-state index in [9.17, 15) is 5.11 Å². The van der Waals surface area contributed by atoms with Gasteiger partial charge in [0.15, 0.2) is 0 Å². The van der Waals surface area contributed by atoms with Crippen molar-refractivity contribution in [3.05, 3.63) is 88.5 Å². The largest absolute Gasteiger partial charge is 0.392 e. The third-order valence-corrected chi connectivity index (χ3v) is 5.74. The predicted octanol–water partition coefficient (Wildman–Crippen LogP) is 5.57. The van der Waals surface area contributed by atoms with E-state index in [-0.39, 0.29) is 6.61 Å². The number of benzene rings is 2. The first-order valence-electron chi connectivity index (χ1n) is 9.25. The van der Waals surface area contributed by atoms with Gasteiger partial charge in [-0.25, -0.2) is 0 Å². The number of allylic oxidation sites excluding steroid dienone is 5. The van der Waals surface area contributed by atoms with Gasteiger partial charge in [-0.15, -0.1) is 0 Å². The Morgan fingerprint density at radius 3 is 2.76 bits per heavy atom. The quantitative estimate of drug-likeness (QED) is 0.778. The first-order chi connectivity index (χ1) is 12.3. The number of hydrogen-bond donors (Lipinski definition) is 1. The molecular weight excluding hydrogens is 304 g/mol. The Morgan fingerprint density at radius 1 is 1.00 bits per heavy atom. The van der Waals surface area contributed by atoms with Gasteiger partial charge >= 0.3 is 0 Å². The van der Waals surface area contributed by atoms with E-state index in [1.165, 1.54) is 46.2 Å². The third-order valence-electron chi connectivity index (χ3n) is 5.74. The van der Waals surface area contributed by atoms with Crippen LogP contribution in [0.25, 0.3) is 17.2 Å². The lowest BCUT2D eigenvalue weighted by Crippen LogP contribution is -1.95. The Balaban J connectivity index is 1.42. The summed E-state index contributed by atoms with van der Waals surface area (Å²) >= 11 is 0. The van der Waals surface area contributed by atoms with Crippen molar-refractivity contribution in [1.29, 1.82) is 0 Å². The van der Waals surface area contributed by atoms with Crippen LogP contribution >= 0.6 is 0 Å². The second kappa shape index (κ2) is 5.86. The molecule has 1 fully saturated rings. The maximum absolute atomic E-state index is 9.35. The van der Waals surface area contributed by atoms with Gasteiger partial charge in [0, 0.05) is 5.92 Å². The van der Waals surface area contributed by atoms with Gasteiger partial charge in [0.25, 0.3) is 0 Å². The fourth-order valence-corrected chi connectivity index (χ4v) is 4.18. The van der Waals surface area contributed by atoms with Crippen LogP contribution in [0, 0.1) is 5.92 Å². The normalized spacial score (nSPS) is 21.2. The molecule has 1 atom stereocenters. The van der Waals surface area contributed by atoms with Gasteiger partial charge in [0.05, 0.1) is 6.61 Å². The van der Waals surface area contributed by atoms with E-state index >= 15 is 0 Å². The second-order valence-electron chi connectivity index (χ2n) is 7.46. The SMILES string of the molecule is OCc1cccc(C2=CCC(c3ccc4c(c3)C=CC4C3CC3)=C2)c1. The van der Waals surface area contributed by atoms with Crippen molar-refractivity contribution in [2.24, 2.45) is 5.92 Å². The summed E-state index contributed by atoms with van der Waals surface area (Å²) in [6, 6.07) is 15.2. The fraction of sp³-hybridized carbons (Fsp3) is 0.250. The van der Waals surface area contributed by atoms with Gasteiger partial charge in [0.2, 0.25) is 0 Å². The van der Waals surface area contributed by atoms with Crippen LogP contribution in [0.15, 0.2) is 60.7 Å². The molecule has 3 aliphatic carbocycles. The number of aliphatic hydroxyl groups is 1. The molecule has 0 spiro atoms. The molecule has 0 heterocycles. The standard InChI is InChI=1S/C24H22O/c25-15-16-2-1-3-18(12-16)19-6-7-20(13-19)21-8-10-24-22(14-21)9-11-23(24)17-4-5-17/h1-3,6,8-14,17,23,25H,4-5,7,15H2. The highest BCUT2D eigenvalue weighted by Gasteiger charge is 2.33. The summed E-state index contributed by atoms with van der Waals surface area (Å²) in [5, 5.41) is 9.35. The molecule has 0 saturated heterocycles. The van der Waals surface area contributed by atoms with Gasteiger partial charge in [-0.1, -0.05) is 54.6 Å². The minimum Gasteiger partial charge on any atom is -0.392 e. The zero-order chi connectivity index (χ0) is 16.8. The van der Waals surface area contributed by atoms with Crippen molar-refractivity contribution < 1.29 is 5.11 Å². The van der Waals surface area contributed by atoms with Crippen LogP contribution in [-0.2, 0) is 6.61 Å². The van der Waals surface area contributed by atoms with Gasteiger partial charge < -0.3 is 5.11 Å². The van der Waals surface area contributed by atoms with Crippen LogP contribution in [-0.4, -0.2) is 5.11 Å². The summed E-state index contributed by atoms with van der Waals surface area (Å²) in [6.45, 7) is 0.0943. The molecule has 1 nitrogen and oxygen atoms in total. The summed E-state index contributed by atoms with van der Waals surface area (Å²) < 4.78 is 0. The lowest BCUT2D eigenvalue weighted by molar-refractivity contribution is 0.282. The van der Waals surface area contributed by atoms with Crippen LogP contribution in [0.5, 0.6) is 0 Å². The monoisotopic (exact) mass is 326 g/mol. The van der Waals surface area contributed by atoms with E-state index < -0.39 is 0 Å². The molecule has 1 heteroatoms. The predicted molar refractivity (Wildman–Crippen MR) is 104 cm³/mol. The van der Waals surface area contributed by atoms with Crippen molar-refractivity contribution in [2.45, 2.75) is 31.8 Å². The van der Waals surface area contributed by atoms with Gasteiger partial charge in [-0.3, -0.25) is 0 Å². The molecule has 1 unspecified atom stereocenters. The minimum atomic E-state index is 0.0943. The highest BCUT2D eigenvalue weighted by atomic mass is 16.3. The number of aliphatic hydroxyl groups excluding tert-OH is 1. The molecule has 0 radical (unpaired) electrons. The van der Waals surface area contributed by atoms with E-state index in [4.69, 9.17) is 0 Å². The van der Waals surface area contributed by atoms with E-state index in [0.29, 0.717) is 5.92 Å². The number of rotatable bonds is 4. The molecule has 1 saturated carbocycles. The van der Waals surface area contributed by atoms with E-state index in [1.54, 1.807) is 0 Å². The molecule has 0 amide bonds. The second-order valence-corrected chi connectivity index (χ2v) is 7.46. The zero-order valence-corrected chi connectivity index (χ0v) is 14.3. The summed E-state index contributed by atoms with van der Waals surface area (Å²) in [7, 11) is 0. The van der Waals surface area contributed by atoms with Crippen LogP contribution in [0.2, 0.25) is 0 Å². The van der Waals surface area contributed by atoms with E-state index in [2.05, 4.69) is 54.6 Å². The van der Waals surface area contributed by atoms with Crippen LogP contribution < -0.4 is 0 Å². The van der Waals surface area contributed by atoms with Crippen molar-refractivity contribution >= 4 is 17.2 Å². The van der Waals surface area contributed by atoms with Gasteiger partial charge in [0.1, 0.15) is 0 Å². The zero-order valence-electron chi connectivity index (χ0n) is 14.3. The third kappa shape index (κ3) is 2.69. The summed E-state index contributed by atoms with van der Waals surface area (Å²) in [5.74, 6) is 1.55. The van der Waals surface area contributed by atoms with Crippen LogP contribution in [0.1, 0.15) is 53.0 Å². The summed E-state index contributed by atoms with van der Waals surface area (Å²) in [5.41, 5.74) is 9.07. The highest BCUT2D eigenvalue weighted by Crippen LogP contribution is 2.48. The number of fused-ring (bicyclic) bond motifs is 1. The lowest BCUT2D eigenvalue weighted by atomic mass is 9.93. The highest BCUT2D eigenvalue weighted by molar-refractivity contribution is 5.90. The Morgan fingerprint density at radius 2 is 1.92 bits per heavy atom. The summed E-state index contributed by atoms with van der Waals surface area (Å²) in [4.78, 5) is 0. The van der Waals surface area contributed by atoms with Crippen molar-refractivity contribution in [2.75, 3.05) is 0 Å². The van der Waals surface area contributed by atoms with Gasteiger partial charge in [-0.2, -0.15) is 0 Å². The molecular formula is C24H22O. The van der Waals surface area contributed by atoms with E-state index in [1.807, 2.05) is 12.1 Å².